The van der Waals surface area contributed by atoms with E-state index in [1.54, 1.807) is 7.11 Å². The fraction of sp³-hybridized carbons (Fsp3) is 0.941. The summed E-state index contributed by atoms with van der Waals surface area (Å²) in [6, 6.07) is 0.628. The molecule has 0 radical (unpaired) electrons. The lowest BCUT2D eigenvalue weighted by atomic mass is 10.1. The average Bonchev–Trinajstić information content (AvgIpc) is 2.94. The molecule has 0 aromatic rings. The molecular formula is C17H36N4O. The Morgan fingerprint density at radius 3 is 2.82 bits per heavy atom. The van der Waals surface area contributed by atoms with Crippen molar-refractivity contribution in [2.75, 3.05) is 53.5 Å². The lowest BCUT2D eigenvalue weighted by Gasteiger charge is -2.22. The molecule has 22 heavy (non-hydrogen) atoms. The summed E-state index contributed by atoms with van der Waals surface area (Å²) >= 11 is 0. The molecule has 1 fully saturated rings. The fourth-order valence-electron chi connectivity index (χ4n) is 2.74. The van der Waals surface area contributed by atoms with Gasteiger partial charge in [0.2, 0.25) is 0 Å². The lowest BCUT2D eigenvalue weighted by Crippen LogP contribution is -2.40. The van der Waals surface area contributed by atoms with E-state index in [2.05, 4.69) is 42.9 Å². The van der Waals surface area contributed by atoms with Crippen molar-refractivity contribution >= 4 is 5.96 Å². The molecule has 1 aliphatic rings. The lowest BCUT2D eigenvalue weighted by molar-refractivity contribution is 0.157. The smallest absolute Gasteiger partial charge is 0.193 e. The van der Waals surface area contributed by atoms with E-state index in [0.29, 0.717) is 12.0 Å². The van der Waals surface area contributed by atoms with E-state index in [-0.39, 0.29) is 0 Å². The first-order valence-corrected chi connectivity index (χ1v) is 8.80. The maximum Gasteiger partial charge on any atom is 0.193 e. The molecule has 1 aliphatic heterocycles. The topological polar surface area (TPSA) is 40.1 Å². The number of likely N-dealkylation sites (tertiary alicyclic amines) is 1. The Balaban J connectivity index is 2.33. The summed E-state index contributed by atoms with van der Waals surface area (Å²) in [5.74, 6) is 1.73. The highest BCUT2D eigenvalue weighted by molar-refractivity contribution is 5.80. The van der Waals surface area contributed by atoms with Gasteiger partial charge in [-0.3, -0.25) is 4.99 Å². The molecule has 130 valence electrons. The second kappa shape index (κ2) is 10.8. The molecule has 1 N–H and O–H groups in total. The van der Waals surface area contributed by atoms with E-state index in [4.69, 9.17) is 9.73 Å². The Morgan fingerprint density at radius 2 is 2.18 bits per heavy atom. The SMILES string of the molecule is CCNC(=NCCCCN(C)C(C)C)N1CCC(COC)C1. The van der Waals surface area contributed by atoms with Crippen LogP contribution in [0.2, 0.25) is 0 Å². The maximum absolute atomic E-state index is 5.28. The van der Waals surface area contributed by atoms with Gasteiger partial charge in [-0.1, -0.05) is 0 Å². The molecule has 0 aliphatic carbocycles. The summed E-state index contributed by atoms with van der Waals surface area (Å²) in [4.78, 5) is 9.58. The van der Waals surface area contributed by atoms with Gasteiger partial charge in [-0.05, 0) is 53.6 Å². The number of nitrogens with zero attached hydrogens (tertiary/aromatic N) is 3. The number of guanidine groups is 1. The molecule has 0 amide bonds. The first-order chi connectivity index (χ1) is 10.6. The Kier molecular flexibility index (Phi) is 9.48. The van der Waals surface area contributed by atoms with Crippen LogP contribution in [0.3, 0.4) is 0 Å². The van der Waals surface area contributed by atoms with E-state index < -0.39 is 0 Å². The van der Waals surface area contributed by atoms with Crippen LogP contribution in [0.15, 0.2) is 4.99 Å². The number of rotatable bonds is 9. The second-order valence-corrected chi connectivity index (χ2v) is 6.57. The summed E-state index contributed by atoms with van der Waals surface area (Å²) in [6.45, 7) is 12.6. The number of hydrogen-bond acceptors (Lipinski definition) is 3. The first kappa shape index (κ1) is 19.2. The normalized spacial score (nSPS) is 19.5. The van der Waals surface area contributed by atoms with Crippen LogP contribution in [-0.2, 0) is 4.74 Å². The van der Waals surface area contributed by atoms with Crippen molar-refractivity contribution in [3.63, 3.8) is 0 Å². The van der Waals surface area contributed by atoms with Crippen LogP contribution in [0.4, 0.5) is 0 Å². The summed E-state index contributed by atoms with van der Waals surface area (Å²) in [6.07, 6.45) is 3.57. The Labute approximate surface area is 137 Å². The molecule has 0 aromatic heterocycles. The van der Waals surface area contributed by atoms with Crippen molar-refractivity contribution in [3.05, 3.63) is 0 Å². The van der Waals surface area contributed by atoms with Crippen LogP contribution >= 0.6 is 0 Å². The third-order valence-corrected chi connectivity index (χ3v) is 4.38. The zero-order chi connectivity index (χ0) is 16.4. The molecule has 0 saturated carbocycles. The van der Waals surface area contributed by atoms with Gasteiger partial charge >= 0.3 is 0 Å². The average molecular weight is 313 g/mol. The van der Waals surface area contributed by atoms with Gasteiger partial charge in [0, 0.05) is 45.2 Å². The summed E-state index contributed by atoms with van der Waals surface area (Å²) < 4.78 is 5.28. The molecule has 0 aromatic carbocycles. The molecule has 1 saturated heterocycles. The third-order valence-electron chi connectivity index (χ3n) is 4.38. The van der Waals surface area contributed by atoms with Gasteiger partial charge in [-0.2, -0.15) is 0 Å². The minimum atomic E-state index is 0.628. The molecule has 1 rings (SSSR count). The van der Waals surface area contributed by atoms with Crippen molar-refractivity contribution in [2.45, 2.75) is 46.1 Å². The van der Waals surface area contributed by atoms with Gasteiger partial charge in [0.1, 0.15) is 0 Å². The van der Waals surface area contributed by atoms with Crippen LogP contribution in [0.25, 0.3) is 0 Å². The standard InChI is InChI=1S/C17H36N4O/c1-6-18-17(21-12-9-16(13-21)14-22-5)19-10-7-8-11-20(4)15(2)3/h15-16H,6-14H2,1-5H3,(H,18,19). The van der Waals surface area contributed by atoms with Crippen LogP contribution < -0.4 is 5.32 Å². The summed E-state index contributed by atoms with van der Waals surface area (Å²) in [7, 11) is 3.98. The van der Waals surface area contributed by atoms with Crippen LogP contribution in [-0.4, -0.2) is 75.3 Å². The number of ether oxygens (including phenoxy) is 1. The van der Waals surface area contributed by atoms with Crippen molar-refractivity contribution < 1.29 is 4.74 Å². The highest BCUT2D eigenvalue weighted by Gasteiger charge is 2.24. The predicted octanol–water partition coefficient (Wildman–Crippen LogP) is 2.04. The van der Waals surface area contributed by atoms with Crippen molar-refractivity contribution in [1.29, 1.82) is 0 Å². The van der Waals surface area contributed by atoms with Crippen LogP contribution in [0, 0.1) is 5.92 Å². The molecule has 5 nitrogen and oxygen atoms in total. The van der Waals surface area contributed by atoms with Crippen LogP contribution in [0.5, 0.6) is 0 Å². The van der Waals surface area contributed by atoms with Crippen molar-refractivity contribution in [1.82, 2.24) is 15.1 Å². The van der Waals surface area contributed by atoms with Crippen molar-refractivity contribution in [2.24, 2.45) is 10.9 Å². The third kappa shape index (κ3) is 6.97. The molecule has 1 unspecified atom stereocenters. The van der Waals surface area contributed by atoms with E-state index in [9.17, 15) is 0 Å². The minimum Gasteiger partial charge on any atom is -0.384 e. The quantitative estimate of drug-likeness (QED) is 0.402. The molecule has 0 spiro atoms. The zero-order valence-corrected chi connectivity index (χ0v) is 15.3. The number of unbranched alkanes of at least 4 members (excludes halogenated alkanes) is 1. The molecule has 5 heteroatoms. The van der Waals surface area contributed by atoms with Gasteiger partial charge in [0.25, 0.3) is 0 Å². The fourth-order valence-corrected chi connectivity index (χ4v) is 2.74. The number of hydrogen-bond donors (Lipinski definition) is 1. The molecule has 0 bridgehead atoms. The van der Waals surface area contributed by atoms with Crippen LogP contribution in [0.1, 0.15) is 40.0 Å². The minimum absolute atomic E-state index is 0.628. The molecular weight excluding hydrogens is 276 g/mol. The van der Waals surface area contributed by atoms with E-state index in [1.165, 1.54) is 12.8 Å². The largest absolute Gasteiger partial charge is 0.384 e. The van der Waals surface area contributed by atoms with Gasteiger partial charge in [-0.25, -0.2) is 0 Å². The maximum atomic E-state index is 5.28. The van der Waals surface area contributed by atoms with E-state index in [0.717, 1.165) is 51.7 Å². The van der Waals surface area contributed by atoms with E-state index in [1.807, 2.05) is 0 Å². The number of nitrogens with one attached hydrogen (secondary N) is 1. The molecule has 1 atom stereocenters. The number of aliphatic imine (C=N–C) groups is 1. The predicted molar refractivity (Wildman–Crippen MR) is 94.5 cm³/mol. The summed E-state index contributed by atoms with van der Waals surface area (Å²) in [5, 5.41) is 3.43. The Morgan fingerprint density at radius 1 is 1.41 bits per heavy atom. The summed E-state index contributed by atoms with van der Waals surface area (Å²) in [5.41, 5.74) is 0. The van der Waals surface area contributed by atoms with Gasteiger partial charge < -0.3 is 19.9 Å². The highest BCUT2D eigenvalue weighted by atomic mass is 16.5. The van der Waals surface area contributed by atoms with Gasteiger partial charge in [0.15, 0.2) is 5.96 Å². The monoisotopic (exact) mass is 312 g/mol. The van der Waals surface area contributed by atoms with Gasteiger partial charge in [0.05, 0.1) is 6.61 Å². The first-order valence-electron chi connectivity index (χ1n) is 8.80. The van der Waals surface area contributed by atoms with Gasteiger partial charge in [-0.15, -0.1) is 0 Å². The number of methoxy groups -OCH3 is 1. The second-order valence-electron chi connectivity index (χ2n) is 6.57. The highest BCUT2D eigenvalue weighted by Crippen LogP contribution is 2.16. The van der Waals surface area contributed by atoms with Crippen molar-refractivity contribution in [3.8, 4) is 0 Å². The Bertz CT molecular complexity index is 320. The molecule has 1 heterocycles. The zero-order valence-electron chi connectivity index (χ0n) is 15.3. The van der Waals surface area contributed by atoms with E-state index >= 15 is 0 Å². The Hall–Kier alpha value is -0.810.